The van der Waals surface area contributed by atoms with E-state index in [0.29, 0.717) is 0 Å². The smallest absolute Gasteiger partial charge is 0.247 e. The Bertz CT molecular complexity index is 1130. The van der Waals surface area contributed by atoms with Gasteiger partial charge in [0.1, 0.15) is 11.0 Å². The Hall–Kier alpha value is -2.34. The summed E-state index contributed by atoms with van der Waals surface area (Å²) in [5, 5.41) is 0.289. The lowest BCUT2D eigenvalue weighted by molar-refractivity contribution is 0.124. The maximum absolute atomic E-state index is 13.7. The van der Waals surface area contributed by atoms with Gasteiger partial charge in [0.15, 0.2) is 5.75 Å². The highest BCUT2D eigenvalue weighted by atomic mass is 35.5. The number of hydrogen-bond donors (Lipinski definition) is 0. The molecule has 0 spiro atoms. The predicted octanol–water partition coefficient (Wildman–Crippen LogP) is 5.36. The van der Waals surface area contributed by atoms with Gasteiger partial charge in [-0.2, -0.15) is 4.31 Å². The van der Waals surface area contributed by atoms with Crippen molar-refractivity contribution >= 4 is 21.6 Å². The summed E-state index contributed by atoms with van der Waals surface area (Å²) in [5.74, 6) is 0.210. The first-order valence-electron chi connectivity index (χ1n) is 9.46. The van der Waals surface area contributed by atoms with Gasteiger partial charge in [-0.25, -0.2) is 8.42 Å². The van der Waals surface area contributed by atoms with Crippen LogP contribution in [0.2, 0.25) is 5.02 Å². The standard InChI is InChI=1S/C23H22ClNO3S/c1-16-9-6-7-12-19(16)15-25-17(2)22(18-10-4-3-5-11-18)28-23-20(24)13-8-14-21(23)29(25,26)27/h3-14,17,22H,15H2,1-2H3/t17-,22-/m0/s1. The van der Waals surface area contributed by atoms with Gasteiger partial charge < -0.3 is 4.74 Å². The van der Waals surface area contributed by atoms with Crippen molar-refractivity contribution in [2.75, 3.05) is 0 Å². The van der Waals surface area contributed by atoms with E-state index in [1.54, 1.807) is 18.2 Å². The molecule has 6 heteroatoms. The fourth-order valence-corrected chi connectivity index (χ4v) is 5.73. The Morgan fingerprint density at radius 3 is 2.38 bits per heavy atom. The largest absolute Gasteiger partial charge is 0.481 e. The van der Waals surface area contributed by atoms with Gasteiger partial charge >= 0.3 is 0 Å². The van der Waals surface area contributed by atoms with E-state index < -0.39 is 22.2 Å². The lowest BCUT2D eigenvalue weighted by atomic mass is 10.0. The van der Waals surface area contributed by atoms with Gasteiger partial charge in [0.25, 0.3) is 0 Å². The zero-order chi connectivity index (χ0) is 20.6. The van der Waals surface area contributed by atoms with Crippen LogP contribution in [0.1, 0.15) is 29.7 Å². The number of hydrogen-bond acceptors (Lipinski definition) is 3. The summed E-state index contributed by atoms with van der Waals surface area (Å²) < 4.78 is 35.1. The molecule has 1 aliphatic heterocycles. The Morgan fingerprint density at radius 2 is 1.66 bits per heavy atom. The third-order valence-corrected chi connectivity index (χ3v) is 7.62. The number of fused-ring (bicyclic) bond motifs is 1. The predicted molar refractivity (Wildman–Crippen MR) is 115 cm³/mol. The molecule has 0 aliphatic carbocycles. The van der Waals surface area contributed by atoms with E-state index in [0.717, 1.165) is 16.7 Å². The Balaban J connectivity index is 1.89. The second-order valence-corrected chi connectivity index (χ2v) is 9.50. The molecule has 0 aromatic heterocycles. The summed E-state index contributed by atoms with van der Waals surface area (Å²) >= 11 is 6.37. The lowest BCUT2D eigenvalue weighted by Gasteiger charge is -2.31. The quantitative estimate of drug-likeness (QED) is 0.565. The molecule has 2 atom stereocenters. The van der Waals surface area contributed by atoms with E-state index in [-0.39, 0.29) is 22.2 Å². The van der Waals surface area contributed by atoms with Crippen molar-refractivity contribution in [3.8, 4) is 5.75 Å². The second kappa shape index (κ2) is 7.82. The molecular weight excluding hydrogens is 406 g/mol. The fraction of sp³-hybridized carbons (Fsp3) is 0.217. The molecule has 1 heterocycles. The number of halogens is 1. The van der Waals surface area contributed by atoms with Crippen LogP contribution in [-0.4, -0.2) is 18.8 Å². The molecule has 0 fully saturated rings. The molecular formula is C23H22ClNO3S. The van der Waals surface area contributed by atoms with Gasteiger partial charge in [-0.3, -0.25) is 0 Å². The fourth-order valence-electron chi connectivity index (χ4n) is 3.70. The summed E-state index contributed by atoms with van der Waals surface area (Å²) in [7, 11) is -3.82. The molecule has 4 nitrogen and oxygen atoms in total. The maximum atomic E-state index is 13.7. The lowest BCUT2D eigenvalue weighted by Crippen LogP contribution is -2.41. The van der Waals surface area contributed by atoms with Crippen molar-refractivity contribution in [1.29, 1.82) is 0 Å². The summed E-state index contributed by atoms with van der Waals surface area (Å²) in [4.78, 5) is 0.101. The molecule has 3 aromatic rings. The zero-order valence-electron chi connectivity index (χ0n) is 16.2. The van der Waals surface area contributed by atoms with Crippen LogP contribution in [0, 0.1) is 6.92 Å². The van der Waals surface area contributed by atoms with Crippen LogP contribution in [0.15, 0.2) is 77.7 Å². The molecule has 0 saturated heterocycles. The number of sulfonamides is 1. The monoisotopic (exact) mass is 427 g/mol. The molecule has 3 aromatic carbocycles. The summed E-state index contributed by atoms with van der Waals surface area (Å²) in [6.45, 7) is 4.13. The number of aryl methyl sites for hydroxylation is 1. The van der Waals surface area contributed by atoms with Crippen molar-refractivity contribution in [3.63, 3.8) is 0 Å². The molecule has 0 saturated carbocycles. The first kappa shape index (κ1) is 20.0. The van der Waals surface area contributed by atoms with Gasteiger partial charge in [0.05, 0.1) is 11.1 Å². The van der Waals surface area contributed by atoms with Crippen molar-refractivity contribution in [2.24, 2.45) is 0 Å². The minimum absolute atomic E-state index is 0.101. The topological polar surface area (TPSA) is 46.6 Å². The normalized spacial score (nSPS) is 21.1. The van der Waals surface area contributed by atoms with Gasteiger partial charge in [0, 0.05) is 6.54 Å². The van der Waals surface area contributed by atoms with E-state index in [9.17, 15) is 8.42 Å². The molecule has 4 rings (SSSR count). The first-order valence-corrected chi connectivity index (χ1v) is 11.3. The molecule has 1 aliphatic rings. The average Bonchev–Trinajstić information content (AvgIpc) is 2.79. The molecule has 0 amide bonds. The van der Waals surface area contributed by atoms with Crippen molar-refractivity contribution in [1.82, 2.24) is 4.31 Å². The molecule has 0 radical (unpaired) electrons. The van der Waals surface area contributed by atoms with Crippen molar-refractivity contribution < 1.29 is 13.2 Å². The first-order chi connectivity index (χ1) is 13.9. The van der Waals surface area contributed by atoms with Crippen LogP contribution in [0.25, 0.3) is 0 Å². The highest BCUT2D eigenvalue weighted by molar-refractivity contribution is 7.89. The maximum Gasteiger partial charge on any atom is 0.247 e. The number of nitrogens with zero attached hydrogens (tertiary/aromatic N) is 1. The summed E-state index contributed by atoms with van der Waals surface area (Å²) in [5.41, 5.74) is 2.90. The van der Waals surface area contributed by atoms with Gasteiger partial charge in [-0.05, 0) is 42.7 Å². The van der Waals surface area contributed by atoms with Crippen molar-refractivity contribution in [2.45, 2.75) is 37.4 Å². The highest BCUT2D eigenvalue weighted by Crippen LogP contribution is 2.43. The van der Waals surface area contributed by atoms with Crippen LogP contribution in [-0.2, 0) is 16.6 Å². The molecule has 0 bridgehead atoms. The van der Waals surface area contributed by atoms with Crippen LogP contribution in [0.4, 0.5) is 0 Å². The van der Waals surface area contributed by atoms with Crippen molar-refractivity contribution in [3.05, 3.63) is 94.5 Å². The van der Waals surface area contributed by atoms with Gasteiger partial charge in [-0.1, -0.05) is 72.3 Å². The SMILES string of the molecule is Cc1ccccc1CN1[C@@H](C)[C@@H](c2ccccc2)Oc2c(Cl)cccc2S1(=O)=O. The third-order valence-electron chi connectivity index (χ3n) is 5.37. The van der Waals surface area contributed by atoms with Crippen LogP contribution < -0.4 is 4.74 Å². The van der Waals surface area contributed by atoms with E-state index >= 15 is 0 Å². The van der Waals surface area contributed by atoms with E-state index in [2.05, 4.69) is 0 Å². The van der Waals surface area contributed by atoms with E-state index in [1.807, 2.05) is 68.4 Å². The van der Waals surface area contributed by atoms with E-state index in [4.69, 9.17) is 16.3 Å². The van der Waals surface area contributed by atoms with E-state index in [1.165, 1.54) is 4.31 Å². The van der Waals surface area contributed by atoms with Crippen LogP contribution >= 0.6 is 11.6 Å². The minimum Gasteiger partial charge on any atom is -0.481 e. The summed E-state index contributed by atoms with van der Waals surface area (Å²) in [6, 6.07) is 21.9. The second-order valence-electron chi connectivity index (χ2n) is 7.23. The number of benzene rings is 3. The number of ether oxygens (including phenoxy) is 1. The third kappa shape index (κ3) is 3.66. The van der Waals surface area contributed by atoms with Gasteiger partial charge in [0.2, 0.25) is 10.0 Å². The number of rotatable bonds is 3. The molecule has 0 unspecified atom stereocenters. The highest BCUT2D eigenvalue weighted by Gasteiger charge is 2.41. The molecule has 150 valence electrons. The summed E-state index contributed by atoms with van der Waals surface area (Å²) in [6.07, 6.45) is -0.490. The van der Waals surface area contributed by atoms with Crippen LogP contribution in [0.5, 0.6) is 5.75 Å². The van der Waals surface area contributed by atoms with Crippen LogP contribution in [0.3, 0.4) is 0 Å². The Morgan fingerprint density at radius 1 is 0.966 bits per heavy atom. The Labute approximate surface area is 176 Å². The van der Waals surface area contributed by atoms with Gasteiger partial charge in [-0.15, -0.1) is 0 Å². The minimum atomic E-state index is -3.82. The Kier molecular flexibility index (Phi) is 5.38. The zero-order valence-corrected chi connectivity index (χ0v) is 17.8. The molecule has 29 heavy (non-hydrogen) atoms. The number of para-hydroxylation sites is 1. The molecule has 0 N–H and O–H groups in total. The average molecular weight is 428 g/mol.